The summed E-state index contributed by atoms with van der Waals surface area (Å²) < 4.78 is 10.3. The molecule has 0 aromatic carbocycles. The average molecular weight is 172 g/mol. The predicted octanol–water partition coefficient (Wildman–Crippen LogP) is 0.779. The number of rotatable bonds is 3. The van der Waals surface area contributed by atoms with Crippen molar-refractivity contribution in [2.24, 2.45) is 0 Å². The van der Waals surface area contributed by atoms with Gasteiger partial charge in [-0.3, -0.25) is 0 Å². The van der Waals surface area contributed by atoms with E-state index in [0.717, 1.165) is 0 Å². The first kappa shape index (κ1) is 9.22. The first-order valence-electron chi connectivity index (χ1n) is 3.77. The van der Waals surface area contributed by atoms with E-state index in [1.807, 2.05) is 0 Å². The van der Waals surface area contributed by atoms with Crippen LogP contribution in [0.3, 0.4) is 0 Å². The second kappa shape index (κ2) is 3.69. The highest BCUT2D eigenvalue weighted by molar-refractivity contribution is 5.85. The molecule has 12 heavy (non-hydrogen) atoms. The molecule has 1 heterocycles. The molecule has 1 saturated heterocycles. The van der Waals surface area contributed by atoms with Crippen LogP contribution in [0.2, 0.25) is 0 Å². The monoisotopic (exact) mass is 172 g/mol. The standard InChI is InChI=1S/C8H12O4/c1-5(8(9)10)3-7-4-11-6(2)12-7/h6-7H,1,3-4H2,2H3,(H,9,10). The summed E-state index contributed by atoms with van der Waals surface area (Å²) in [5.74, 6) is -0.974. The van der Waals surface area contributed by atoms with Crippen LogP contribution in [-0.4, -0.2) is 30.1 Å². The Balaban J connectivity index is 2.32. The molecular formula is C8H12O4. The van der Waals surface area contributed by atoms with Gasteiger partial charge in [0.2, 0.25) is 0 Å². The van der Waals surface area contributed by atoms with Crippen LogP contribution in [0.15, 0.2) is 12.2 Å². The molecule has 2 unspecified atom stereocenters. The lowest BCUT2D eigenvalue weighted by Gasteiger charge is -2.07. The Morgan fingerprint density at radius 1 is 1.75 bits per heavy atom. The van der Waals surface area contributed by atoms with Gasteiger partial charge >= 0.3 is 5.97 Å². The zero-order chi connectivity index (χ0) is 9.14. The number of hydrogen-bond acceptors (Lipinski definition) is 3. The Morgan fingerprint density at radius 3 is 2.83 bits per heavy atom. The number of ether oxygens (including phenoxy) is 2. The Kier molecular flexibility index (Phi) is 2.83. The summed E-state index contributed by atoms with van der Waals surface area (Å²) in [6, 6.07) is 0. The van der Waals surface area contributed by atoms with E-state index < -0.39 is 5.97 Å². The number of carboxylic acids is 1. The molecule has 1 fully saturated rings. The topological polar surface area (TPSA) is 55.8 Å². The van der Waals surface area contributed by atoms with E-state index in [0.29, 0.717) is 13.0 Å². The molecule has 0 radical (unpaired) electrons. The fraction of sp³-hybridized carbons (Fsp3) is 0.625. The number of aliphatic carboxylic acids is 1. The van der Waals surface area contributed by atoms with Gasteiger partial charge in [-0.1, -0.05) is 6.58 Å². The van der Waals surface area contributed by atoms with Crippen molar-refractivity contribution in [2.45, 2.75) is 25.7 Å². The van der Waals surface area contributed by atoms with Crippen molar-refractivity contribution in [3.63, 3.8) is 0 Å². The molecule has 4 heteroatoms. The first-order chi connectivity index (χ1) is 5.59. The lowest BCUT2D eigenvalue weighted by molar-refractivity contribution is -0.133. The Bertz CT molecular complexity index is 199. The molecule has 0 amide bonds. The summed E-state index contributed by atoms with van der Waals surface area (Å²) in [7, 11) is 0. The van der Waals surface area contributed by atoms with Crippen molar-refractivity contribution in [3.8, 4) is 0 Å². The molecule has 0 saturated carbocycles. The van der Waals surface area contributed by atoms with Crippen molar-refractivity contribution >= 4 is 5.97 Å². The van der Waals surface area contributed by atoms with Crippen LogP contribution in [0.5, 0.6) is 0 Å². The molecule has 68 valence electrons. The second-order valence-electron chi connectivity index (χ2n) is 2.77. The Hall–Kier alpha value is -0.870. The van der Waals surface area contributed by atoms with Crippen molar-refractivity contribution in [3.05, 3.63) is 12.2 Å². The summed E-state index contributed by atoms with van der Waals surface area (Å²) in [4.78, 5) is 10.4. The van der Waals surface area contributed by atoms with E-state index in [-0.39, 0.29) is 18.0 Å². The van der Waals surface area contributed by atoms with Gasteiger partial charge in [0.05, 0.1) is 12.7 Å². The lowest BCUT2D eigenvalue weighted by Crippen LogP contribution is -2.14. The van der Waals surface area contributed by atoms with Crippen LogP contribution in [0.4, 0.5) is 0 Å². The molecule has 0 bridgehead atoms. The molecule has 1 aliphatic rings. The number of carbonyl (C=O) groups is 1. The first-order valence-corrected chi connectivity index (χ1v) is 3.77. The van der Waals surface area contributed by atoms with Crippen molar-refractivity contribution in [2.75, 3.05) is 6.61 Å². The smallest absolute Gasteiger partial charge is 0.331 e. The zero-order valence-electron chi connectivity index (χ0n) is 6.95. The fourth-order valence-corrected chi connectivity index (χ4v) is 1.06. The van der Waals surface area contributed by atoms with Gasteiger partial charge < -0.3 is 14.6 Å². The minimum absolute atomic E-state index is 0.149. The summed E-state index contributed by atoms with van der Waals surface area (Å²) in [6.45, 7) is 5.64. The maximum atomic E-state index is 10.4. The van der Waals surface area contributed by atoms with Gasteiger partial charge in [-0.25, -0.2) is 4.79 Å². The normalized spacial score (nSPS) is 28.8. The molecule has 2 atom stereocenters. The van der Waals surface area contributed by atoms with E-state index in [2.05, 4.69) is 6.58 Å². The summed E-state index contributed by atoms with van der Waals surface area (Å²) in [5.41, 5.74) is 0.165. The van der Waals surface area contributed by atoms with E-state index in [1.165, 1.54) is 0 Å². The van der Waals surface area contributed by atoms with Gasteiger partial charge in [0, 0.05) is 12.0 Å². The second-order valence-corrected chi connectivity index (χ2v) is 2.77. The molecule has 1 aliphatic heterocycles. The molecule has 0 aromatic rings. The van der Waals surface area contributed by atoms with Crippen LogP contribution < -0.4 is 0 Å². The van der Waals surface area contributed by atoms with Crippen LogP contribution in [-0.2, 0) is 14.3 Å². The van der Waals surface area contributed by atoms with Gasteiger partial charge in [-0.05, 0) is 6.92 Å². The highest BCUT2D eigenvalue weighted by Crippen LogP contribution is 2.16. The SMILES string of the molecule is C=C(CC1COC(C)O1)C(=O)O. The average Bonchev–Trinajstić information content (AvgIpc) is 2.35. The van der Waals surface area contributed by atoms with Crippen LogP contribution in [0, 0.1) is 0 Å². The maximum Gasteiger partial charge on any atom is 0.331 e. The molecule has 0 spiro atoms. The third-order valence-electron chi connectivity index (χ3n) is 1.68. The lowest BCUT2D eigenvalue weighted by atomic mass is 10.1. The van der Waals surface area contributed by atoms with E-state index in [1.54, 1.807) is 6.92 Å². The maximum absolute atomic E-state index is 10.4. The highest BCUT2D eigenvalue weighted by Gasteiger charge is 2.24. The third kappa shape index (κ3) is 2.32. The Morgan fingerprint density at radius 2 is 2.42 bits per heavy atom. The largest absolute Gasteiger partial charge is 0.478 e. The van der Waals surface area contributed by atoms with Crippen molar-refractivity contribution in [1.29, 1.82) is 0 Å². The van der Waals surface area contributed by atoms with Crippen LogP contribution >= 0.6 is 0 Å². The molecule has 0 aliphatic carbocycles. The van der Waals surface area contributed by atoms with Gasteiger partial charge in [0.1, 0.15) is 0 Å². The van der Waals surface area contributed by atoms with Crippen molar-refractivity contribution < 1.29 is 19.4 Å². The quantitative estimate of drug-likeness (QED) is 0.639. The minimum atomic E-state index is -0.974. The zero-order valence-corrected chi connectivity index (χ0v) is 6.95. The van der Waals surface area contributed by atoms with Crippen LogP contribution in [0.1, 0.15) is 13.3 Å². The number of carboxylic acid groups (broad SMARTS) is 1. The molecule has 1 N–H and O–H groups in total. The third-order valence-corrected chi connectivity index (χ3v) is 1.68. The van der Waals surface area contributed by atoms with E-state index >= 15 is 0 Å². The van der Waals surface area contributed by atoms with Crippen LogP contribution in [0.25, 0.3) is 0 Å². The van der Waals surface area contributed by atoms with Gasteiger partial charge in [-0.2, -0.15) is 0 Å². The highest BCUT2D eigenvalue weighted by atomic mass is 16.7. The van der Waals surface area contributed by atoms with E-state index in [9.17, 15) is 4.79 Å². The van der Waals surface area contributed by atoms with Gasteiger partial charge in [-0.15, -0.1) is 0 Å². The predicted molar refractivity (Wildman–Crippen MR) is 41.7 cm³/mol. The minimum Gasteiger partial charge on any atom is -0.478 e. The molecule has 4 nitrogen and oxygen atoms in total. The summed E-state index contributed by atoms with van der Waals surface area (Å²) in [6.07, 6.45) is -0.0418. The Labute approximate surface area is 70.8 Å². The molecular weight excluding hydrogens is 160 g/mol. The van der Waals surface area contributed by atoms with Gasteiger partial charge in [0.15, 0.2) is 6.29 Å². The summed E-state index contributed by atoms with van der Waals surface area (Å²) in [5, 5.41) is 8.51. The number of hydrogen-bond donors (Lipinski definition) is 1. The fourth-order valence-electron chi connectivity index (χ4n) is 1.06. The molecule has 1 rings (SSSR count). The molecule has 0 aromatic heterocycles. The van der Waals surface area contributed by atoms with Gasteiger partial charge in [0.25, 0.3) is 0 Å². The van der Waals surface area contributed by atoms with Crippen molar-refractivity contribution in [1.82, 2.24) is 0 Å². The van der Waals surface area contributed by atoms with E-state index in [4.69, 9.17) is 14.6 Å². The summed E-state index contributed by atoms with van der Waals surface area (Å²) >= 11 is 0.